The molecule has 0 spiro atoms. The van der Waals surface area contributed by atoms with Crippen LogP contribution in [0.5, 0.6) is 5.75 Å². The lowest BCUT2D eigenvalue weighted by Gasteiger charge is -2.27. The molecule has 0 saturated carbocycles. The predicted octanol–water partition coefficient (Wildman–Crippen LogP) is 6.44. The van der Waals surface area contributed by atoms with E-state index in [1.54, 1.807) is 37.3 Å². The van der Waals surface area contributed by atoms with Gasteiger partial charge in [-0.2, -0.15) is 0 Å². The van der Waals surface area contributed by atoms with Crippen molar-refractivity contribution in [2.24, 2.45) is 0 Å². The van der Waals surface area contributed by atoms with E-state index in [9.17, 15) is 18.8 Å². The minimum Gasteiger partial charge on any atom is -0.489 e. The minimum atomic E-state index is -0.829. The maximum atomic E-state index is 13.4. The second-order valence-electron chi connectivity index (χ2n) is 9.41. The largest absolute Gasteiger partial charge is 0.489 e. The Morgan fingerprint density at radius 2 is 1.65 bits per heavy atom. The van der Waals surface area contributed by atoms with Crippen LogP contribution < -0.4 is 15.0 Å². The van der Waals surface area contributed by atoms with Crippen LogP contribution in [-0.4, -0.2) is 22.4 Å². The molecule has 40 heavy (non-hydrogen) atoms. The molecule has 5 rings (SSSR count). The fourth-order valence-electron chi connectivity index (χ4n) is 4.64. The minimum absolute atomic E-state index is 0.163. The summed E-state index contributed by atoms with van der Waals surface area (Å²) in [5, 5.41) is 2.66. The fraction of sp³-hybridized carbons (Fsp3) is 0.129. The number of urea groups is 1. The van der Waals surface area contributed by atoms with Crippen LogP contribution in [0.3, 0.4) is 0 Å². The van der Waals surface area contributed by atoms with Gasteiger partial charge in [0.05, 0.1) is 5.69 Å². The Labute approximate surface area is 235 Å². The summed E-state index contributed by atoms with van der Waals surface area (Å²) < 4.78 is 20.9. The third-order valence-electron chi connectivity index (χ3n) is 6.77. The molecule has 1 fully saturated rings. The molecule has 0 atom stereocenters. The van der Waals surface area contributed by atoms with Crippen molar-refractivity contribution < 1.29 is 23.5 Å². The van der Waals surface area contributed by atoms with E-state index in [1.807, 2.05) is 48.7 Å². The SMILES string of the molecule is Cc1c(Cl)cccc1N1C(=O)NC(=O)/C(=C\c2cc(C)n(-c3ccc(OCc4ccc(F)cc4)cc3)c2C)C1=O. The zero-order valence-corrected chi connectivity index (χ0v) is 22.8. The summed E-state index contributed by atoms with van der Waals surface area (Å²) in [6.45, 7) is 5.81. The number of aromatic nitrogens is 1. The van der Waals surface area contributed by atoms with Crippen LogP contribution in [0.2, 0.25) is 5.02 Å². The Kier molecular flexibility index (Phi) is 7.28. The van der Waals surface area contributed by atoms with E-state index >= 15 is 0 Å². The second-order valence-corrected chi connectivity index (χ2v) is 9.82. The second kappa shape index (κ2) is 10.8. The topological polar surface area (TPSA) is 80.6 Å². The zero-order valence-electron chi connectivity index (χ0n) is 22.0. The summed E-state index contributed by atoms with van der Waals surface area (Å²) in [6.07, 6.45) is 1.50. The van der Waals surface area contributed by atoms with Crippen LogP contribution in [0.4, 0.5) is 14.9 Å². The highest BCUT2D eigenvalue weighted by molar-refractivity contribution is 6.40. The number of barbiturate groups is 1. The molecule has 7 nitrogen and oxygen atoms in total. The normalized spacial score (nSPS) is 14.6. The summed E-state index contributed by atoms with van der Waals surface area (Å²) in [5.74, 6) is -1.13. The average molecular weight is 558 g/mol. The van der Waals surface area contributed by atoms with E-state index < -0.39 is 17.8 Å². The van der Waals surface area contributed by atoms with Crippen molar-refractivity contribution >= 4 is 41.2 Å². The van der Waals surface area contributed by atoms with Gasteiger partial charge in [0.25, 0.3) is 11.8 Å². The van der Waals surface area contributed by atoms with Gasteiger partial charge < -0.3 is 9.30 Å². The lowest BCUT2D eigenvalue weighted by Crippen LogP contribution is -2.54. The molecule has 9 heteroatoms. The van der Waals surface area contributed by atoms with E-state index in [0.717, 1.165) is 27.5 Å². The number of halogens is 2. The lowest BCUT2D eigenvalue weighted by atomic mass is 10.1. The Morgan fingerprint density at radius 3 is 2.35 bits per heavy atom. The molecule has 4 amide bonds. The number of benzene rings is 3. The van der Waals surface area contributed by atoms with Crippen molar-refractivity contribution in [1.82, 2.24) is 9.88 Å². The smallest absolute Gasteiger partial charge is 0.335 e. The summed E-state index contributed by atoms with van der Waals surface area (Å²) in [7, 11) is 0. The van der Waals surface area contributed by atoms with Crippen LogP contribution in [0.15, 0.2) is 78.4 Å². The van der Waals surface area contributed by atoms with Crippen molar-refractivity contribution in [1.29, 1.82) is 0 Å². The molecular weight excluding hydrogens is 533 g/mol. The first-order valence-electron chi connectivity index (χ1n) is 12.5. The molecule has 1 aliphatic rings. The maximum absolute atomic E-state index is 13.4. The third kappa shape index (κ3) is 5.13. The van der Waals surface area contributed by atoms with E-state index in [-0.39, 0.29) is 11.4 Å². The van der Waals surface area contributed by atoms with E-state index in [2.05, 4.69) is 5.32 Å². The molecule has 0 radical (unpaired) electrons. The average Bonchev–Trinajstić information content (AvgIpc) is 3.21. The summed E-state index contributed by atoms with van der Waals surface area (Å²) in [6, 6.07) is 19.6. The van der Waals surface area contributed by atoms with Gasteiger partial charge in [-0.25, -0.2) is 14.1 Å². The molecule has 1 N–H and O–H groups in total. The molecule has 3 aromatic carbocycles. The number of hydrogen-bond donors (Lipinski definition) is 1. The van der Waals surface area contributed by atoms with Crippen LogP contribution in [-0.2, 0) is 16.2 Å². The van der Waals surface area contributed by atoms with Gasteiger partial charge in [0.1, 0.15) is 23.7 Å². The van der Waals surface area contributed by atoms with Crippen molar-refractivity contribution in [2.75, 3.05) is 4.90 Å². The zero-order chi connectivity index (χ0) is 28.6. The Balaban J connectivity index is 1.41. The highest BCUT2D eigenvalue weighted by Gasteiger charge is 2.37. The number of rotatable bonds is 6. The first-order chi connectivity index (χ1) is 19.1. The molecule has 0 aliphatic carbocycles. The number of imide groups is 2. The number of carbonyl (C=O) groups is 3. The molecule has 202 valence electrons. The van der Waals surface area contributed by atoms with Crippen molar-refractivity contribution in [2.45, 2.75) is 27.4 Å². The molecule has 0 bridgehead atoms. The van der Waals surface area contributed by atoms with Gasteiger partial charge in [-0.05, 0) is 98.1 Å². The number of aryl methyl sites for hydroxylation is 1. The molecular formula is C31H25ClFN3O4. The van der Waals surface area contributed by atoms with E-state index in [0.29, 0.717) is 34.2 Å². The molecule has 1 aliphatic heterocycles. The first kappa shape index (κ1) is 26.9. The predicted molar refractivity (Wildman–Crippen MR) is 151 cm³/mol. The van der Waals surface area contributed by atoms with Gasteiger partial charge in [-0.15, -0.1) is 0 Å². The van der Waals surface area contributed by atoms with Crippen LogP contribution in [0, 0.1) is 26.6 Å². The maximum Gasteiger partial charge on any atom is 0.335 e. The Hall–Kier alpha value is -4.69. The Morgan fingerprint density at radius 1 is 0.950 bits per heavy atom. The first-order valence-corrected chi connectivity index (χ1v) is 12.8. The summed E-state index contributed by atoms with van der Waals surface area (Å²) in [5.41, 5.74) is 4.74. The summed E-state index contributed by atoms with van der Waals surface area (Å²) in [4.78, 5) is 39.7. The highest BCUT2D eigenvalue weighted by Crippen LogP contribution is 2.30. The number of ether oxygens (including phenoxy) is 1. The van der Waals surface area contributed by atoms with Crippen molar-refractivity contribution in [3.63, 3.8) is 0 Å². The van der Waals surface area contributed by atoms with Crippen molar-refractivity contribution in [3.8, 4) is 11.4 Å². The van der Waals surface area contributed by atoms with Gasteiger partial charge in [-0.1, -0.05) is 29.8 Å². The molecule has 4 aromatic rings. The van der Waals surface area contributed by atoms with Gasteiger partial charge in [0.2, 0.25) is 0 Å². The number of carbonyl (C=O) groups excluding carboxylic acids is 3. The van der Waals surface area contributed by atoms with Crippen LogP contribution in [0.25, 0.3) is 11.8 Å². The fourth-order valence-corrected chi connectivity index (χ4v) is 4.81. The van der Waals surface area contributed by atoms with E-state index in [1.165, 1.54) is 18.2 Å². The third-order valence-corrected chi connectivity index (χ3v) is 7.17. The van der Waals surface area contributed by atoms with E-state index in [4.69, 9.17) is 16.3 Å². The Bertz CT molecular complexity index is 1670. The molecule has 1 saturated heterocycles. The van der Waals surface area contributed by atoms with Gasteiger partial charge in [0.15, 0.2) is 0 Å². The molecule has 1 aromatic heterocycles. The van der Waals surface area contributed by atoms with Gasteiger partial charge in [0, 0.05) is 22.1 Å². The van der Waals surface area contributed by atoms with Gasteiger partial charge >= 0.3 is 6.03 Å². The standard InChI is InChI=1S/C31H25ClFN3O4/c1-18-15-22(16-26-29(37)34-31(39)36(30(26)38)28-6-4-5-27(32)19(28)2)20(3)35(18)24-11-13-25(14-12-24)40-17-21-7-9-23(33)10-8-21/h4-16H,17H2,1-3H3,(H,34,37,39)/b26-16+. The number of hydrogen-bond acceptors (Lipinski definition) is 4. The molecule has 0 unspecified atom stereocenters. The molecule has 2 heterocycles. The number of anilines is 1. The number of amides is 4. The van der Waals surface area contributed by atoms with Crippen LogP contribution >= 0.6 is 11.6 Å². The number of nitrogens with zero attached hydrogens (tertiary/aromatic N) is 2. The summed E-state index contributed by atoms with van der Waals surface area (Å²) >= 11 is 6.21. The quantitative estimate of drug-likeness (QED) is 0.218. The van der Waals surface area contributed by atoms with Gasteiger partial charge in [-0.3, -0.25) is 14.9 Å². The van der Waals surface area contributed by atoms with Crippen LogP contribution in [0.1, 0.15) is 28.1 Å². The highest BCUT2D eigenvalue weighted by atomic mass is 35.5. The number of nitrogens with one attached hydrogen (secondary N) is 1. The van der Waals surface area contributed by atoms with Crippen molar-refractivity contribution in [3.05, 3.63) is 117 Å². The monoisotopic (exact) mass is 557 g/mol. The lowest BCUT2D eigenvalue weighted by molar-refractivity contribution is -0.122.